The molecule has 3 aromatic carbocycles. The van der Waals surface area contributed by atoms with Gasteiger partial charge in [-0.1, -0.05) is 29.5 Å². The summed E-state index contributed by atoms with van der Waals surface area (Å²) in [5.74, 6) is 0.883. The molecule has 5 rings (SSSR count). The Hall–Kier alpha value is -4.46. The minimum atomic E-state index is -0.412. The molecular weight excluding hydrogens is 392 g/mol. The number of nitrogens with one attached hydrogen (secondary N) is 2. The molecule has 2 aromatic heterocycles. The van der Waals surface area contributed by atoms with Crippen molar-refractivity contribution in [1.29, 1.82) is 0 Å². The largest absolute Gasteiger partial charge is 0.436 e. The lowest BCUT2D eigenvalue weighted by Gasteiger charge is -2.05. The third-order valence-corrected chi connectivity index (χ3v) is 4.69. The number of carbonyl (C=O) groups is 1. The van der Waals surface area contributed by atoms with Crippen molar-refractivity contribution in [2.75, 3.05) is 10.6 Å². The molecule has 0 aliphatic carbocycles. The highest BCUT2D eigenvalue weighted by Crippen LogP contribution is 2.26. The lowest BCUT2D eigenvalue weighted by molar-refractivity contribution is 0.262. The molecule has 2 heterocycles. The van der Waals surface area contributed by atoms with Gasteiger partial charge >= 0.3 is 6.03 Å². The summed E-state index contributed by atoms with van der Waals surface area (Å²) in [5, 5.41) is 13.4. The monoisotopic (exact) mass is 410 g/mol. The minimum absolute atomic E-state index is 0.347. The van der Waals surface area contributed by atoms with E-state index in [1.165, 1.54) is 0 Å². The van der Waals surface area contributed by atoms with Crippen molar-refractivity contribution in [3.63, 3.8) is 0 Å². The molecule has 2 N–H and O–H groups in total. The van der Waals surface area contributed by atoms with Crippen molar-refractivity contribution < 1.29 is 9.21 Å². The first-order valence-electron chi connectivity index (χ1n) is 9.67. The van der Waals surface area contributed by atoms with E-state index in [0.717, 1.165) is 27.9 Å². The van der Waals surface area contributed by atoms with Crippen LogP contribution in [0.2, 0.25) is 0 Å². The number of para-hydroxylation sites is 1. The number of fused-ring (bicyclic) bond motifs is 1. The number of carbonyl (C=O) groups excluding carboxylic acids is 1. The number of oxazole rings is 1. The highest BCUT2D eigenvalue weighted by Gasteiger charge is 2.10. The lowest BCUT2D eigenvalue weighted by atomic mass is 10.2. The van der Waals surface area contributed by atoms with Gasteiger partial charge in [0.15, 0.2) is 11.4 Å². The van der Waals surface area contributed by atoms with Crippen LogP contribution < -0.4 is 10.6 Å². The van der Waals surface area contributed by atoms with Crippen LogP contribution in [-0.4, -0.2) is 26.0 Å². The van der Waals surface area contributed by atoms with Gasteiger partial charge in [0, 0.05) is 11.3 Å². The Balaban J connectivity index is 1.25. The molecule has 0 aliphatic rings. The summed E-state index contributed by atoms with van der Waals surface area (Å²) in [5.41, 5.74) is 5.00. The van der Waals surface area contributed by atoms with Gasteiger partial charge in [-0.3, -0.25) is 5.32 Å². The van der Waals surface area contributed by atoms with E-state index in [0.29, 0.717) is 17.4 Å². The Labute approximate surface area is 177 Å². The summed E-state index contributed by atoms with van der Waals surface area (Å²) in [7, 11) is 0. The van der Waals surface area contributed by atoms with E-state index in [1.807, 2.05) is 67.6 Å². The molecule has 8 heteroatoms. The van der Waals surface area contributed by atoms with Crippen molar-refractivity contribution in [3.05, 3.63) is 84.6 Å². The number of amides is 2. The summed E-state index contributed by atoms with van der Waals surface area (Å²) in [6, 6.07) is 22.3. The van der Waals surface area contributed by atoms with Crippen LogP contribution >= 0.6 is 0 Å². The van der Waals surface area contributed by atoms with E-state index in [4.69, 9.17) is 4.42 Å². The van der Waals surface area contributed by atoms with Gasteiger partial charge in [0.05, 0.1) is 11.9 Å². The quantitative estimate of drug-likeness (QED) is 0.433. The summed E-state index contributed by atoms with van der Waals surface area (Å²) in [6.07, 6.45) is 1.65. The van der Waals surface area contributed by atoms with Crippen molar-refractivity contribution in [3.8, 4) is 17.1 Å². The first-order valence-corrected chi connectivity index (χ1v) is 9.67. The molecule has 2 amide bonds. The van der Waals surface area contributed by atoms with Crippen LogP contribution in [0.25, 0.3) is 28.2 Å². The molecule has 0 saturated carbocycles. The third kappa shape index (κ3) is 3.99. The molecule has 0 bridgehead atoms. The minimum Gasteiger partial charge on any atom is -0.436 e. The van der Waals surface area contributed by atoms with Gasteiger partial charge in [-0.15, -0.1) is 5.10 Å². The predicted molar refractivity (Wildman–Crippen MR) is 118 cm³/mol. The van der Waals surface area contributed by atoms with E-state index in [9.17, 15) is 4.79 Å². The van der Waals surface area contributed by atoms with Crippen LogP contribution in [0.1, 0.15) is 5.56 Å². The van der Waals surface area contributed by atoms with Crippen LogP contribution in [0.15, 0.2) is 83.4 Å². The molecule has 0 saturated heterocycles. The molecule has 5 aromatic rings. The van der Waals surface area contributed by atoms with Crippen molar-refractivity contribution in [1.82, 2.24) is 20.0 Å². The van der Waals surface area contributed by atoms with Gasteiger partial charge in [-0.25, -0.2) is 14.5 Å². The molecule has 0 radical (unpaired) electrons. The van der Waals surface area contributed by atoms with Crippen molar-refractivity contribution >= 4 is 28.6 Å². The Morgan fingerprint density at radius 3 is 2.58 bits per heavy atom. The summed E-state index contributed by atoms with van der Waals surface area (Å²) < 4.78 is 7.41. The second-order valence-electron chi connectivity index (χ2n) is 7.03. The van der Waals surface area contributed by atoms with Crippen LogP contribution in [0.5, 0.6) is 0 Å². The molecule has 0 aliphatic heterocycles. The number of aryl methyl sites for hydroxylation is 1. The number of aromatic nitrogens is 4. The topological polar surface area (TPSA) is 97.9 Å². The molecule has 8 nitrogen and oxygen atoms in total. The zero-order chi connectivity index (χ0) is 21.2. The number of hydrogen-bond acceptors (Lipinski definition) is 5. The second-order valence-corrected chi connectivity index (χ2v) is 7.03. The van der Waals surface area contributed by atoms with E-state index < -0.39 is 6.03 Å². The van der Waals surface area contributed by atoms with Crippen LogP contribution in [0.3, 0.4) is 0 Å². The molecular formula is C23H18N6O2. The summed E-state index contributed by atoms with van der Waals surface area (Å²) >= 11 is 0. The van der Waals surface area contributed by atoms with Gasteiger partial charge < -0.3 is 9.73 Å². The number of urea groups is 1. The van der Waals surface area contributed by atoms with Gasteiger partial charge in [-0.2, -0.15) is 0 Å². The zero-order valence-corrected chi connectivity index (χ0v) is 16.6. The molecule has 0 spiro atoms. The number of nitrogens with zero attached hydrogens (tertiary/aromatic N) is 4. The summed E-state index contributed by atoms with van der Waals surface area (Å²) in [4.78, 5) is 16.8. The molecule has 0 unspecified atom stereocenters. The fraction of sp³-hybridized carbons (Fsp3) is 0.0435. The third-order valence-electron chi connectivity index (χ3n) is 4.69. The van der Waals surface area contributed by atoms with E-state index in [1.54, 1.807) is 23.0 Å². The first-order chi connectivity index (χ1) is 15.1. The van der Waals surface area contributed by atoms with E-state index >= 15 is 0 Å². The van der Waals surface area contributed by atoms with Crippen LogP contribution in [0.4, 0.5) is 16.3 Å². The van der Waals surface area contributed by atoms with Crippen LogP contribution in [-0.2, 0) is 0 Å². The van der Waals surface area contributed by atoms with Gasteiger partial charge in [-0.05, 0) is 61.0 Å². The van der Waals surface area contributed by atoms with Crippen molar-refractivity contribution in [2.24, 2.45) is 0 Å². The van der Waals surface area contributed by atoms with Crippen LogP contribution in [0, 0.1) is 6.92 Å². The van der Waals surface area contributed by atoms with Gasteiger partial charge in [0.1, 0.15) is 5.52 Å². The average Bonchev–Trinajstić information content (AvgIpc) is 3.41. The van der Waals surface area contributed by atoms with E-state index in [-0.39, 0.29) is 0 Å². The maximum absolute atomic E-state index is 12.3. The molecule has 31 heavy (non-hydrogen) atoms. The predicted octanol–water partition coefficient (Wildman–Crippen LogP) is 5.03. The fourth-order valence-corrected chi connectivity index (χ4v) is 3.16. The number of rotatable bonds is 4. The molecule has 152 valence electrons. The number of anilines is 2. The molecule has 0 atom stereocenters. The lowest BCUT2D eigenvalue weighted by Crippen LogP contribution is -2.19. The maximum atomic E-state index is 12.3. The normalized spacial score (nSPS) is 10.9. The number of benzene rings is 3. The summed E-state index contributed by atoms with van der Waals surface area (Å²) in [6.45, 7) is 2.02. The van der Waals surface area contributed by atoms with Crippen molar-refractivity contribution in [2.45, 2.75) is 6.92 Å². The fourth-order valence-electron chi connectivity index (χ4n) is 3.16. The Morgan fingerprint density at radius 2 is 1.77 bits per heavy atom. The highest BCUT2D eigenvalue weighted by atomic mass is 16.3. The van der Waals surface area contributed by atoms with E-state index in [2.05, 4.69) is 25.9 Å². The SMILES string of the molecule is Cc1ccc2oc(-c3ccc(NC(=O)Nc4cn(-c5ccccc5)nn4)cc3)nc2c1. The average molecular weight is 410 g/mol. The van der Waals surface area contributed by atoms with Gasteiger partial charge in [0.2, 0.25) is 5.89 Å². The zero-order valence-electron chi connectivity index (χ0n) is 16.6. The maximum Gasteiger partial charge on any atom is 0.324 e. The Morgan fingerprint density at radius 1 is 0.968 bits per heavy atom. The van der Waals surface area contributed by atoms with Gasteiger partial charge in [0.25, 0.3) is 0 Å². The molecule has 0 fully saturated rings. The highest BCUT2D eigenvalue weighted by molar-refractivity contribution is 5.99. The number of hydrogen-bond donors (Lipinski definition) is 2. The second kappa shape index (κ2) is 7.75. The smallest absolute Gasteiger partial charge is 0.324 e. The Bertz CT molecular complexity index is 1360. The first kappa shape index (κ1) is 18.6. The standard InChI is InChI=1S/C23H18N6O2/c1-15-7-12-20-19(13-15)25-22(31-20)16-8-10-17(11-9-16)24-23(30)26-21-14-29(28-27-21)18-5-3-2-4-6-18/h2-14H,1H3,(H2,24,26,30). The Kier molecular flexibility index (Phi) is 4.64.